The van der Waals surface area contributed by atoms with Crippen LogP contribution in [-0.2, 0) is 0 Å². The Balaban J connectivity index is 2.84. The van der Waals surface area contributed by atoms with E-state index >= 15 is 0 Å². The molecule has 0 radical (unpaired) electrons. The smallest absolute Gasteiger partial charge is 0.126 e. The van der Waals surface area contributed by atoms with Crippen LogP contribution >= 0.6 is 12.6 Å². The van der Waals surface area contributed by atoms with Crippen LogP contribution in [0.3, 0.4) is 0 Å². The number of thiol groups is 1. The van der Waals surface area contributed by atoms with E-state index in [0.717, 1.165) is 18.0 Å². The lowest BCUT2D eigenvalue weighted by molar-refractivity contribution is 0.618. The van der Waals surface area contributed by atoms with Crippen LogP contribution in [0, 0.1) is 12.7 Å². The van der Waals surface area contributed by atoms with Gasteiger partial charge in [-0.3, -0.25) is 0 Å². The number of anilines is 1. The Morgan fingerprint density at radius 2 is 2.15 bits per heavy atom. The molecule has 1 aromatic carbocycles. The summed E-state index contributed by atoms with van der Waals surface area (Å²) in [5.41, 5.74) is 1.72. The molecule has 0 aliphatic rings. The maximum absolute atomic E-state index is 12.9. The lowest BCUT2D eigenvalue weighted by atomic mass is 10.2. The zero-order chi connectivity index (χ0) is 9.84. The molecule has 1 aromatic rings. The summed E-state index contributed by atoms with van der Waals surface area (Å²) in [5.74, 6) is 0.649. The Morgan fingerprint density at radius 3 is 2.69 bits per heavy atom. The first-order valence-electron chi connectivity index (χ1n) is 4.23. The Bertz CT molecular complexity index is 288. The number of aryl methyl sites for hydroxylation is 1. The quantitative estimate of drug-likeness (QED) is 0.732. The van der Waals surface area contributed by atoms with Gasteiger partial charge >= 0.3 is 0 Å². The van der Waals surface area contributed by atoms with Crippen molar-refractivity contribution in [2.24, 2.45) is 0 Å². The van der Waals surface area contributed by atoms with Gasteiger partial charge in [0.1, 0.15) is 5.82 Å². The van der Waals surface area contributed by atoms with Crippen LogP contribution in [0.2, 0.25) is 0 Å². The molecular formula is C10H14FNS. The number of rotatable bonds is 3. The maximum Gasteiger partial charge on any atom is 0.126 e. The van der Waals surface area contributed by atoms with Gasteiger partial charge in [0, 0.05) is 25.0 Å². The number of nitrogens with zero attached hydrogens (tertiary/aromatic N) is 1. The first kappa shape index (κ1) is 10.4. The molecule has 0 bridgehead atoms. The largest absolute Gasteiger partial charge is 0.374 e. The molecule has 0 N–H and O–H groups in total. The van der Waals surface area contributed by atoms with Crippen molar-refractivity contribution in [3.8, 4) is 0 Å². The number of hydrogen-bond acceptors (Lipinski definition) is 2. The van der Waals surface area contributed by atoms with E-state index in [1.807, 2.05) is 13.1 Å². The van der Waals surface area contributed by atoms with E-state index in [2.05, 4.69) is 17.5 Å². The van der Waals surface area contributed by atoms with Crippen molar-refractivity contribution in [3.05, 3.63) is 29.6 Å². The lowest BCUT2D eigenvalue weighted by Gasteiger charge is -2.18. The normalized spacial score (nSPS) is 10.2. The van der Waals surface area contributed by atoms with Gasteiger partial charge in [-0.05, 0) is 30.7 Å². The lowest BCUT2D eigenvalue weighted by Crippen LogP contribution is -2.19. The molecule has 0 fully saturated rings. The van der Waals surface area contributed by atoms with Gasteiger partial charge in [-0.15, -0.1) is 0 Å². The van der Waals surface area contributed by atoms with Crippen molar-refractivity contribution in [2.45, 2.75) is 6.92 Å². The average molecular weight is 199 g/mol. The summed E-state index contributed by atoms with van der Waals surface area (Å²) in [4.78, 5) is 2.06. The van der Waals surface area contributed by atoms with Gasteiger partial charge in [-0.2, -0.15) is 12.6 Å². The first-order chi connectivity index (χ1) is 6.15. The minimum atomic E-state index is -0.150. The Labute approximate surface area is 84.0 Å². The second-order valence-corrected chi connectivity index (χ2v) is 3.53. The predicted molar refractivity (Wildman–Crippen MR) is 58.3 cm³/mol. The van der Waals surface area contributed by atoms with E-state index in [0.29, 0.717) is 5.56 Å². The number of hydrogen-bond donors (Lipinski definition) is 1. The fraction of sp³-hybridized carbons (Fsp3) is 0.400. The van der Waals surface area contributed by atoms with Crippen LogP contribution in [0.1, 0.15) is 5.56 Å². The molecule has 0 amide bonds. The standard InChI is InChI=1S/C10H14FNS/c1-8-7-9(3-4-10(8)11)12(2)5-6-13/h3-4,7,13H,5-6H2,1-2H3. The summed E-state index contributed by atoms with van der Waals surface area (Å²) in [6.07, 6.45) is 0. The van der Waals surface area contributed by atoms with Crippen molar-refractivity contribution < 1.29 is 4.39 Å². The van der Waals surface area contributed by atoms with Crippen LogP contribution in [0.25, 0.3) is 0 Å². The van der Waals surface area contributed by atoms with Gasteiger partial charge in [0.05, 0.1) is 0 Å². The molecule has 72 valence electrons. The molecule has 0 aliphatic carbocycles. The molecule has 0 saturated heterocycles. The molecule has 13 heavy (non-hydrogen) atoms. The third-order valence-electron chi connectivity index (χ3n) is 2.02. The van der Waals surface area contributed by atoms with Crippen LogP contribution in [0.15, 0.2) is 18.2 Å². The molecule has 0 atom stereocenters. The minimum Gasteiger partial charge on any atom is -0.374 e. The summed E-state index contributed by atoms with van der Waals surface area (Å²) in [7, 11) is 1.98. The van der Waals surface area contributed by atoms with Gasteiger partial charge in [-0.25, -0.2) is 4.39 Å². The molecule has 1 rings (SSSR count). The van der Waals surface area contributed by atoms with Crippen LogP contribution in [0.4, 0.5) is 10.1 Å². The maximum atomic E-state index is 12.9. The molecule has 3 heteroatoms. The Morgan fingerprint density at radius 1 is 1.46 bits per heavy atom. The summed E-state index contributed by atoms with van der Waals surface area (Å²) < 4.78 is 12.9. The van der Waals surface area contributed by atoms with Crippen LogP contribution in [0.5, 0.6) is 0 Å². The van der Waals surface area contributed by atoms with Crippen molar-refractivity contribution in [1.82, 2.24) is 0 Å². The molecule has 0 heterocycles. The fourth-order valence-corrected chi connectivity index (χ4v) is 1.45. The monoisotopic (exact) mass is 199 g/mol. The van der Waals surface area contributed by atoms with Gasteiger partial charge in [0.15, 0.2) is 0 Å². The van der Waals surface area contributed by atoms with E-state index in [1.54, 1.807) is 13.0 Å². The molecule has 0 aliphatic heterocycles. The third kappa shape index (κ3) is 2.62. The van der Waals surface area contributed by atoms with E-state index in [1.165, 1.54) is 6.07 Å². The fourth-order valence-electron chi connectivity index (χ4n) is 1.15. The van der Waals surface area contributed by atoms with E-state index in [9.17, 15) is 4.39 Å². The molecule has 0 unspecified atom stereocenters. The van der Waals surface area contributed by atoms with Crippen LogP contribution < -0.4 is 4.90 Å². The van der Waals surface area contributed by atoms with Gasteiger partial charge in [-0.1, -0.05) is 0 Å². The third-order valence-corrected chi connectivity index (χ3v) is 2.22. The van der Waals surface area contributed by atoms with E-state index < -0.39 is 0 Å². The van der Waals surface area contributed by atoms with Gasteiger partial charge < -0.3 is 4.90 Å². The number of halogens is 1. The summed E-state index contributed by atoms with van der Waals surface area (Å²) in [6, 6.07) is 5.13. The highest BCUT2D eigenvalue weighted by Gasteiger charge is 2.02. The predicted octanol–water partition coefficient (Wildman–Crippen LogP) is 2.50. The molecule has 0 saturated carbocycles. The molecule has 1 nitrogen and oxygen atoms in total. The molecule has 0 aromatic heterocycles. The van der Waals surface area contributed by atoms with Crippen molar-refractivity contribution in [1.29, 1.82) is 0 Å². The topological polar surface area (TPSA) is 3.24 Å². The molecular weight excluding hydrogens is 185 g/mol. The Kier molecular flexibility index (Phi) is 3.60. The summed E-state index contributed by atoms with van der Waals surface area (Å²) >= 11 is 4.14. The second-order valence-electron chi connectivity index (χ2n) is 3.08. The molecule has 0 spiro atoms. The second kappa shape index (κ2) is 4.51. The van der Waals surface area contributed by atoms with Crippen molar-refractivity contribution >= 4 is 18.3 Å². The van der Waals surface area contributed by atoms with E-state index in [-0.39, 0.29) is 5.82 Å². The summed E-state index contributed by atoms with van der Waals surface area (Å²) in [6.45, 7) is 2.64. The SMILES string of the molecule is Cc1cc(N(C)CCS)ccc1F. The first-order valence-corrected chi connectivity index (χ1v) is 4.86. The highest BCUT2D eigenvalue weighted by Crippen LogP contribution is 2.16. The van der Waals surface area contributed by atoms with Gasteiger partial charge in [0.25, 0.3) is 0 Å². The van der Waals surface area contributed by atoms with E-state index in [4.69, 9.17) is 0 Å². The van der Waals surface area contributed by atoms with Crippen LogP contribution in [-0.4, -0.2) is 19.3 Å². The van der Waals surface area contributed by atoms with Crippen molar-refractivity contribution in [2.75, 3.05) is 24.2 Å². The number of benzene rings is 1. The summed E-state index contributed by atoms with van der Waals surface area (Å²) in [5, 5.41) is 0. The zero-order valence-corrected chi connectivity index (χ0v) is 8.81. The van der Waals surface area contributed by atoms with Crippen molar-refractivity contribution in [3.63, 3.8) is 0 Å². The van der Waals surface area contributed by atoms with Gasteiger partial charge in [0.2, 0.25) is 0 Å². The highest BCUT2D eigenvalue weighted by molar-refractivity contribution is 7.80. The zero-order valence-electron chi connectivity index (χ0n) is 7.92. The average Bonchev–Trinajstić information content (AvgIpc) is 2.10. The highest BCUT2D eigenvalue weighted by atomic mass is 32.1. The Hall–Kier alpha value is -0.700. The minimum absolute atomic E-state index is 0.150.